The smallest absolute Gasteiger partial charge is 0.128 e. The molecule has 100 valence electrons. The Labute approximate surface area is 113 Å². The average Bonchev–Trinajstić information content (AvgIpc) is 2.44. The van der Waals surface area contributed by atoms with E-state index in [2.05, 4.69) is 4.90 Å². The lowest BCUT2D eigenvalue weighted by atomic mass is 10.0. The molecule has 1 aliphatic rings. The van der Waals surface area contributed by atoms with Crippen molar-refractivity contribution in [1.29, 1.82) is 0 Å². The SMILES string of the molecule is Oc1cccc2c(O)c(CN3CCCCC3)ccc12. The normalized spacial score (nSPS) is 16.8. The number of likely N-dealkylation sites (tertiary alicyclic amines) is 1. The van der Waals surface area contributed by atoms with Crippen LogP contribution >= 0.6 is 0 Å². The van der Waals surface area contributed by atoms with Crippen LogP contribution in [0.25, 0.3) is 10.8 Å². The summed E-state index contributed by atoms with van der Waals surface area (Å²) in [5.74, 6) is 0.524. The first-order valence-corrected chi connectivity index (χ1v) is 6.90. The van der Waals surface area contributed by atoms with Gasteiger partial charge in [-0.2, -0.15) is 0 Å². The van der Waals surface area contributed by atoms with Gasteiger partial charge in [0, 0.05) is 22.9 Å². The topological polar surface area (TPSA) is 43.7 Å². The zero-order chi connectivity index (χ0) is 13.2. The fourth-order valence-corrected chi connectivity index (χ4v) is 2.86. The molecule has 0 aliphatic carbocycles. The molecule has 0 aromatic heterocycles. The number of fused-ring (bicyclic) bond motifs is 1. The highest BCUT2D eigenvalue weighted by Crippen LogP contribution is 2.34. The Morgan fingerprint density at radius 3 is 2.47 bits per heavy atom. The van der Waals surface area contributed by atoms with E-state index in [0.717, 1.165) is 30.6 Å². The lowest BCUT2D eigenvalue weighted by Crippen LogP contribution is -2.29. The Hall–Kier alpha value is -1.74. The van der Waals surface area contributed by atoms with E-state index in [0.29, 0.717) is 11.1 Å². The van der Waals surface area contributed by atoms with Crippen molar-refractivity contribution in [2.45, 2.75) is 25.8 Å². The van der Waals surface area contributed by atoms with Crippen molar-refractivity contribution in [2.75, 3.05) is 13.1 Å². The fraction of sp³-hybridized carbons (Fsp3) is 0.375. The van der Waals surface area contributed by atoms with Crippen molar-refractivity contribution < 1.29 is 10.2 Å². The van der Waals surface area contributed by atoms with Crippen LogP contribution in [0.15, 0.2) is 30.3 Å². The van der Waals surface area contributed by atoms with Gasteiger partial charge in [0.25, 0.3) is 0 Å². The number of phenolic OH excluding ortho intramolecular Hbond substituents is 2. The van der Waals surface area contributed by atoms with Gasteiger partial charge in [-0.3, -0.25) is 4.90 Å². The van der Waals surface area contributed by atoms with E-state index in [1.165, 1.54) is 19.3 Å². The van der Waals surface area contributed by atoms with Crippen LogP contribution in [0.4, 0.5) is 0 Å². The summed E-state index contributed by atoms with van der Waals surface area (Å²) in [6.07, 6.45) is 3.80. The van der Waals surface area contributed by atoms with Crippen molar-refractivity contribution in [2.24, 2.45) is 0 Å². The number of rotatable bonds is 2. The van der Waals surface area contributed by atoms with E-state index in [4.69, 9.17) is 0 Å². The second kappa shape index (κ2) is 5.10. The summed E-state index contributed by atoms with van der Waals surface area (Å²) in [6.45, 7) is 3.01. The quantitative estimate of drug-likeness (QED) is 0.868. The number of nitrogens with zero attached hydrogens (tertiary/aromatic N) is 1. The Bertz CT molecular complexity index is 589. The van der Waals surface area contributed by atoms with Gasteiger partial charge >= 0.3 is 0 Å². The number of hydrogen-bond donors (Lipinski definition) is 2. The molecule has 3 rings (SSSR count). The van der Waals surface area contributed by atoms with E-state index < -0.39 is 0 Å². The van der Waals surface area contributed by atoms with Crippen LogP contribution in [0.3, 0.4) is 0 Å². The molecule has 0 amide bonds. The lowest BCUT2D eigenvalue weighted by Gasteiger charge is -2.26. The molecule has 0 atom stereocenters. The molecule has 19 heavy (non-hydrogen) atoms. The number of piperidine rings is 1. The highest BCUT2D eigenvalue weighted by atomic mass is 16.3. The number of benzene rings is 2. The minimum Gasteiger partial charge on any atom is -0.507 e. The van der Waals surface area contributed by atoms with E-state index in [9.17, 15) is 10.2 Å². The van der Waals surface area contributed by atoms with Gasteiger partial charge in [-0.15, -0.1) is 0 Å². The van der Waals surface area contributed by atoms with Gasteiger partial charge in [0.1, 0.15) is 11.5 Å². The van der Waals surface area contributed by atoms with Crippen LogP contribution in [0.1, 0.15) is 24.8 Å². The summed E-state index contributed by atoms with van der Waals surface area (Å²) in [6, 6.07) is 9.08. The first-order valence-electron chi connectivity index (χ1n) is 6.90. The van der Waals surface area contributed by atoms with Crippen LogP contribution in [0, 0.1) is 0 Å². The molecular weight excluding hydrogens is 238 g/mol. The zero-order valence-electron chi connectivity index (χ0n) is 11.0. The summed E-state index contributed by atoms with van der Waals surface area (Å²) in [7, 11) is 0. The molecule has 0 bridgehead atoms. The summed E-state index contributed by atoms with van der Waals surface area (Å²) in [5, 5.41) is 21.6. The molecule has 1 heterocycles. The first-order chi connectivity index (χ1) is 9.25. The maximum atomic E-state index is 10.4. The summed E-state index contributed by atoms with van der Waals surface area (Å²) in [4.78, 5) is 2.38. The third-order valence-corrected chi connectivity index (χ3v) is 3.94. The molecule has 2 aromatic carbocycles. The Morgan fingerprint density at radius 2 is 1.68 bits per heavy atom. The molecular formula is C16H19NO2. The van der Waals surface area contributed by atoms with E-state index in [1.54, 1.807) is 12.1 Å². The molecule has 2 N–H and O–H groups in total. The minimum absolute atomic E-state index is 0.220. The van der Waals surface area contributed by atoms with Gasteiger partial charge in [0.15, 0.2) is 0 Å². The van der Waals surface area contributed by atoms with Crippen molar-refractivity contribution in [1.82, 2.24) is 4.90 Å². The van der Waals surface area contributed by atoms with Gasteiger partial charge in [0.2, 0.25) is 0 Å². The lowest BCUT2D eigenvalue weighted by molar-refractivity contribution is 0.219. The number of hydrogen-bond acceptors (Lipinski definition) is 3. The Balaban J connectivity index is 1.93. The predicted molar refractivity (Wildman–Crippen MR) is 76.4 cm³/mol. The molecule has 0 radical (unpaired) electrons. The average molecular weight is 257 g/mol. The second-order valence-electron chi connectivity index (χ2n) is 5.28. The molecule has 2 aromatic rings. The Kier molecular flexibility index (Phi) is 3.30. The molecule has 1 saturated heterocycles. The van der Waals surface area contributed by atoms with Crippen LogP contribution in [0.2, 0.25) is 0 Å². The minimum atomic E-state index is 0.220. The first kappa shape index (κ1) is 12.3. The predicted octanol–water partition coefficient (Wildman–Crippen LogP) is 3.24. The van der Waals surface area contributed by atoms with Gasteiger partial charge in [-0.25, -0.2) is 0 Å². The molecule has 0 spiro atoms. The van der Waals surface area contributed by atoms with Crippen LogP contribution in [-0.4, -0.2) is 28.2 Å². The molecule has 3 heteroatoms. The van der Waals surface area contributed by atoms with Crippen LogP contribution in [0.5, 0.6) is 11.5 Å². The van der Waals surface area contributed by atoms with E-state index in [-0.39, 0.29) is 5.75 Å². The maximum Gasteiger partial charge on any atom is 0.128 e. The second-order valence-corrected chi connectivity index (χ2v) is 5.28. The molecule has 0 saturated carbocycles. The van der Waals surface area contributed by atoms with E-state index in [1.807, 2.05) is 18.2 Å². The third kappa shape index (κ3) is 2.38. The highest BCUT2D eigenvalue weighted by molar-refractivity contribution is 5.93. The number of phenols is 2. The number of aromatic hydroxyl groups is 2. The van der Waals surface area contributed by atoms with Crippen LogP contribution in [-0.2, 0) is 6.54 Å². The largest absolute Gasteiger partial charge is 0.507 e. The van der Waals surface area contributed by atoms with Gasteiger partial charge < -0.3 is 10.2 Å². The zero-order valence-corrected chi connectivity index (χ0v) is 11.0. The van der Waals surface area contributed by atoms with Crippen molar-refractivity contribution in [3.05, 3.63) is 35.9 Å². The fourth-order valence-electron chi connectivity index (χ4n) is 2.86. The van der Waals surface area contributed by atoms with Gasteiger partial charge in [-0.1, -0.05) is 30.7 Å². The third-order valence-electron chi connectivity index (χ3n) is 3.94. The van der Waals surface area contributed by atoms with Crippen molar-refractivity contribution in [3.8, 4) is 11.5 Å². The molecule has 1 aliphatic heterocycles. The molecule has 0 unspecified atom stereocenters. The summed E-state index contributed by atoms with van der Waals surface area (Å²) < 4.78 is 0. The van der Waals surface area contributed by atoms with Crippen LogP contribution < -0.4 is 0 Å². The Morgan fingerprint density at radius 1 is 0.895 bits per heavy atom. The highest BCUT2D eigenvalue weighted by Gasteiger charge is 2.14. The maximum absolute atomic E-state index is 10.4. The standard InChI is InChI=1S/C16H19NO2/c18-15-6-4-5-14-13(15)8-7-12(16(14)19)11-17-9-2-1-3-10-17/h4-8,18-19H,1-3,9-11H2. The van der Waals surface area contributed by atoms with Gasteiger partial charge in [0.05, 0.1) is 0 Å². The van der Waals surface area contributed by atoms with Crippen molar-refractivity contribution in [3.63, 3.8) is 0 Å². The van der Waals surface area contributed by atoms with Crippen molar-refractivity contribution >= 4 is 10.8 Å². The summed E-state index contributed by atoms with van der Waals surface area (Å²) >= 11 is 0. The monoisotopic (exact) mass is 257 g/mol. The molecule has 3 nitrogen and oxygen atoms in total. The molecule has 1 fully saturated rings. The van der Waals surface area contributed by atoms with Gasteiger partial charge in [-0.05, 0) is 32.0 Å². The van der Waals surface area contributed by atoms with E-state index >= 15 is 0 Å². The summed E-state index contributed by atoms with van der Waals surface area (Å²) in [5.41, 5.74) is 0.944.